The first-order valence-corrected chi connectivity index (χ1v) is 10.4. The van der Waals surface area contributed by atoms with Crippen LogP contribution in [0.3, 0.4) is 0 Å². The van der Waals surface area contributed by atoms with Crippen LogP contribution in [0.4, 0.5) is 5.69 Å². The third-order valence-corrected chi connectivity index (χ3v) is 6.94. The first kappa shape index (κ1) is 19.3. The van der Waals surface area contributed by atoms with Gasteiger partial charge in [-0.3, -0.25) is 0 Å². The summed E-state index contributed by atoms with van der Waals surface area (Å²) in [6, 6.07) is 10.2. The summed E-state index contributed by atoms with van der Waals surface area (Å²) >= 11 is 12.3. The van der Waals surface area contributed by atoms with Crippen molar-refractivity contribution < 1.29 is 13.2 Å². The Morgan fingerprint density at radius 2 is 1.69 bits per heavy atom. The van der Waals surface area contributed by atoms with E-state index in [2.05, 4.69) is 4.90 Å². The number of benzene rings is 2. The summed E-state index contributed by atoms with van der Waals surface area (Å²) in [5.41, 5.74) is 1.62. The molecule has 0 radical (unpaired) electrons. The van der Waals surface area contributed by atoms with Gasteiger partial charge in [0.15, 0.2) is 0 Å². The van der Waals surface area contributed by atoms with Crippen LogP contribution < -0.4 is 9.64 Å². The van der Waals surface area contributed by atoms with E-state index in [1.165, 1.54) is 4.31 Å². The first-order chi connectivity index (χ1) is 12.3. The van der Waals surface area contributed by atoms with E-state index in [0.717, 1.165) is 11.3 Å². The quantitative estimate of drug-likeness (QED) is 0.762. The summed E-state index contributed by atoms with van der Waals surface area (Å²) in [6.45, 7) is 3.70. The van der Waals surface area contributed by atoms with Crippen LogP contribution in [-0.2, 0) is 10.0 Å². The number of ether oxygens (including phenoxy) is 1. The Bertz CT molecular complexity index is 911. The summed E-state index contributed by atoms with van der Waals surface area (Å²) in [4.78, 5) is 2.34. The van der Waals surface area contributed by atoms with Gasteiger partial charge < -0.3 is 9.64 Å². The Hall–Kier alpha value is -1.47. The lowest BCUT2D eigenvalue weighted by molar-refractivity contribution is 0.384. The molecule has 0 amide bonds. The molecule has 1 aliphatic heterocycles. The third kappa shape index (κ3) is 3.78. The first-order valence-electron chi connectivity index (χ1n) is 8.17. The summed E-state index contributed by atoms with van der Waals surface area (Å²) in [7, 11) is -1.98. The highest BCUT2D eigenvalue weighted by atomic mass is 35.5. The van der Waals surface area contributed by atoms with Crippen LogP contribution in [0.25, 0.3) is 0 Å². The topological polar surface area (TPSA) is 49.9 Å². The highest BCUT2D eigenvalue weighted by molar-refractivity contribution is 7.89. The highest BCUT2D eigenvalue weighted by Gasteiger charge is 2.29. The number of hydrogen-bond acceptors (Lipinski definition) is 4. The third-order valence-electron chi connectivity index (χ3n) is 4.49. The predicted molar refractivity (Wildman–Crippen MR) is 105 cm³/mol. The zero-order chi connectivity index (χ0) is 18.9. The number of hydrogen-bond donors (Lipinski definition) is 0. The lowest BCUT2D eigenvalue weighted by Gasteiger charge is -2.35. The molecule has 0 N–H and O–H groups in total. The van der Waals surface area contributed by atoms with Gasteiger partial charge in [-0.2, -0.15) is 4.31 Å². The number of sulfonamides is 1. The fraction of sp³-hybridized carbons (Fsp3) is 0.333. The summed E-state index contributed by atoms with van der Waals surface area (Å²) in [5.74, 6) is 0.671. The molecule has 0 aromatic heterocycles. The molecule has 0 unspecified atom stereocenters. The molecule has 5 nitrogen and oxygen atoms in total. The van der Waals surface area contributed by atoms with Gasteiger partial charge in [0, 0.05) is 31.2 Å². The van der Waals surface area contributed by atoms with Crippen LogP contribution >= 0.6 is 23.2 Å². The number of halogens is 2. The van der Waals surface area contributed by atoms with E-state index in [4.69, 9.17) is 27.9 Å². The molecule has 0 saturated carbocycles. The minimum Gasteiger partial charge on any atom is -0.496 e. The second kappa shape index (κ2) is 7.64. The van der Waals surface area contributed by atoms with Gasteiger partial charge in [0.1, 0.15) is 5.75 Å². The van der Waals surface area contributed by atoms with E-state index in [0.29, 0.717) is 42.0 Å². The number of anilines is 1. The molecule has 1 aliphatic rings. The van der Waals surface area contributed by atoms with Gasteiger partial charge in [-0.15, -0.1) is 0 Å². The molecule has 1 saturated heterocycles. The minimum absolute atomic E-state index is 0.282. The Morgan fingerprint density at radius 3 is 2.31 bits per heavy atom. The van der Waals surface area contributed by atoms with Gasteiger partial charge in [0.2, 0.25) is 10.0 Å². The molecule has 0 bridgehead atoms. The maximum absolute atomic E-state index is 12.9. The van der Waals surface area contributed by atoms with Crippen molar-refractivity contribution in [3.8, 4) is 5.75 Å². The fourth-order valence-electron chi connectivity index (χ4n) is 3.06. The van der Waals surface area contributed by atoms with Gasteiger partial charge in [0.25, 0.3) is 0 Å². The summed E-state index contributed by atoms with van der Waals surface area (Å²) in [5, 5.41) is 1.21. The molecule has 2 aromatic rings. The van der Waals surface area contributed by atoms with E-state index < -0.39 is 10.0 Å². The number of methoxy groups -OCH3 is 1. The van der Waals surface area contributed by atoms with Crippen molar-refractivity contribution in [2.24, 2.45) is 0 Å². The monoisotopic (exact) mass is 414 g/mol. The summed E-state index contributed by atoms with van der Waals surface area (Å²) < 4.78 is 32.6. The molecule has 0 spiro atoms. The van der Waals surface area contributed by atoms with E-state index in [1.807, 2.05) is 6.92 Å². The Balaban J connectivity index is 1.76. The maximum Gasteiger partial charge on any atom is 0.243 e. The van der Waals surface area contributed by atoms with Crippen molar-refractivity contribution in [2.45, 2.75) is 11.8 Å². The average Bonchev–Trinajstić information content (AvgIpc) is 2.63. The van der Waals surface area contributed by atoms with E-state index in [1.54, 1.807) is 43.5 Å². The van der Waals surface area contributed by atoms with Crippen molar-refractivity contribution in [1.29, 1.82) is 0 Å². The molecule has 1 fully saturated rings. The zero-order valence-corrected chi connectivity index (χ0v) is 16.9. The SMILES string of the molecule is COc1ccc(S(=O)(=O)N2CCN(c3cc(Cl)ccc3Cl)CC2)cc1C. The molecule has 26 heavy (non-hydrogen) atoms. The molecule has 0 atom stereocenters. The normalized spacial score (nSPS) is 15.9. The van der Waals surface area contributed by atoms with Crippen molar-refractivity contribution in [1.82, 2.24) is 4.31 Å². The minimum atomic E-state index is -3.54. The van der Waals surface area contributed by atoms with Crippen molar-refractivity contribution in [2.75, 3.05) is 38.2 Å². The molecule has 0 aliphatic carbocycles. The number of piperazine rings is 1. The lowest BCUT2D eigenvalue weighted by Crippen LogP contribution is -2.48. The van der Waals surface area contributed by atoms with Crippen molar-refractivity contribution >= 4 is 38.9 Å². The molecule has 2 aromatic carbocycles. The van der Waals surface area contributed by atoms with Crippen LogP contribution in [0.5, 0.6) is 5.75 Å². The van der Waals surface area contributed by atoms with E-state index in [9.17, 15) is 8.42 Å². The second-order valence-corrected chi connectivity index (χ2v) is 8.90. The predicted octanol–water partition coefficient (Wildman–Crippen LogP) is 3.82. The van der Waals surface area contributed by atoms with Gasteiger partial charge >= 0.3 is 0 Å². The number of rotatable bonds is 4. The van der Waals surface area contributed by atoms with Crippen LogP contribution in [0.2, 0.25) is 10.0 Å². The van der Waals surface area contributed by atoms with Crippen LogP contribution in [0.1, 0.15) is 5.56 Å². The lowest BCUT2D eigenvalue weighted by atomic mass is 10.2. The molecule has 8 heteroatoms. The molecule has 1 heterocycles. The Morgan fingerprint density at radius 1 is 1.00 bits per heavy atom. The van der Waals surface area contributed by atoms with E-state index in [-0.39, 0.29) is 4.90 Å². The molecule has 3 rings (SSSR count). The average molecular weight is 415 g/mol. The van der Waals surface area contributed by atoms with Gasteiger partial charge in [-0.05, 0) is 48.9 Å². The van der Waals surface area contributed by atoms with Crippen LogP contribution in [-0.4, -0.2) is 46.0 Å². The maximum atomic E-state index is 12.9. The van der Waals surface area contributed by atoms with Crippen LogP contribution in [0.15, 0.2) is 41.3 Å². The number of nitrogens with zero attached hydrogens (tertiary/aromatic N) is 2. The van der Waals surface area contributed by atoms with E-state index >= 15 is 0 Å². The second-order valence-electron chi connectivity index (χ2n) is 6.12. The van der Waals surface area contributed by atoms with Gasteiger partial charge in [-0.1, -0.05) is 23.2 Å². The molecular weight excluding hydrogens is 395 g/mol. The smallest absolute Gasteiger partial charge is 0.243 e. The van der Waals surface area contributed by atoms with Crippen molar-refractivity contribution in [3.05, 3.63) is 52.0 Å². The van der Waals surface area contributed by atoms with Gasteiger partial charge in [-0.25, -0.2) is 8.42 Å². The van der Waals surface area contributed by atoms with Crippen molar-refractivity contribution in [3.63, 3.8) is 0 Å². The van der Waals surface area contributed by atoms with Crippen LogP contribution in [0, 0.1) is 6.92 Å². The number of aryl methyl sites for hydroxylation is 1. The Labute approximate surface area is 164 Å². The Kier molecular flexibility index (Phi) is 5.67. The largest absolute Gasteiger partial charge is 0.496 e. The molecular formula is C18H20Cl2N2O3S. The highest BCUT2D eigenvalue weighted by Crippen LogP contribution is 2.31. The molecule has 140 valence electrons. The summed E-state index contributed by atoms with van der Waals surface area (Å²) in [6.07, 6.45) is 0. The van der Waals surface area contributed by atoms with Gasteiger partial charge in [0.05, 0.1) is 22.7 Å². The standard InChI is InChI=1S/C18H20Cl2N2O3S/c1-13-11-15(4-6-18(13)25-2)26(23,24)22-9-7-21(8-10-22)17-12-14(19)3-5-16(17)20/h3-6,11-12H,7-10H2,1-2H3. The zero-order valence-electron chi connectivity index (χ0n) is 14.6. The fourth-order valence-corrected chi connectivity index (χ4v) is 4.97.